The summed E-state index contributed by atoms with van der Waals surface area (Å²) in [4.78, 5) is 14.2. The summed E-state index contributed by atoms with van der Waals surface area (Å²) >= 11 is 3.39. The zero-order valence-corrected chi connectivity index (χ0v) is 15.9. The number of amides is 1. The SMILES string of the molecule is CN(CC(=O)Nc1cccc(S(C)(=O)=O)c1)Cc1ccc(Br)cc1. The molecule has 0 fully saturated rings. The van der Waals surface area contributed by atoms with E-state index in [1.54, 1.807) is 12.1 Å². The molecular formula is C17H19BrN2O3S. The lowest BCUT2D eigenvalue weighted by atomic mass is 10.2. The van der Waals surface area contributed by atoms with Crippen molar-refractivity contribution in [3.63, 3.8) is 0 Å². The molecule has 0 aromatic heterocycles. The van der Waals surface area contributed by atoms with Crippen molar-refractivity contribution in [2.75, 3.05) is 25.2 Å². The van der Waals surface area contributed by atoms with Crippen molar-refractivity contribution in [3.8, 4) is 0 Å². The predicted molar refractivity (Wildman–Crippen MR) is 98.7 cm³/mol. The molecule has 7 heteroatoms. The number of carbonyl (C=O) groups is 1. The number of halogens is 1. The lowest BCUT2D eigenvalue weighted by Crippen LogP contribution is -2.29. The first kappa shape index (κ1) is 18.6. The van der Waals surface area contributed by atoms with E-state index in [9.17, 15) is 13.2 Å². The highest BCUT2D eigenvalue weighted by molar-refractivity contribution is 9.10. The first-order valence-electron chi connectivity index (χ1n) is 7.27. The molecule has 0 aliphatic carbocycles. The second-order valence-electron chi connectivity index (χ2n) is 5.65. The van der Waals surface area contributed by atoms with Crippen LogP contribution in [0.5, 0.6) is 0 Å². The fraction of sp³-hybridized carbons (Fsp3) is 0.235. The van der Waals surface area contributed by atoms with E-state index in [1.165, 1.54) is 12.1 Å². The summed E-state index contributed by atoms with van der Waals surface area (Å²) in [7, 11) is -1.44. The maximum atomic E-state index is 12.1. The molecular weight excluding hydrogens is 392 g/mol. The molecule has 1 N–H and O–H groups in total. The van der Waals surface area contributed by atoms with Gasteiger partial charge in [0.25, 0.3) is 0 Å². The molecule has 0 spiro atoms. The zero-order valence-electron chi connectivity index (χ0n) is 13.5. The van der Waals surface area contributed by atoms with Gasteiger partial charge in [-0.2, -0.15) is 0 Å². The molecule has 0 radical (unpaired) electrons. The minimum Gasteiger partial charge on any atom is -0.325 e. The van der Waals surface area contributed by atoms with E-state index >= 15 is 0 Å². The van der Waals surface area contributed by atoms with E-state index < -0.39 is 9.84 Å². The normalized spacial score (nSPS) is 11.5. The van der Waals surface area contributed by atoms with Gasteiger partial charge in [-0.15, -0.1) is 0 Å². The summed E-state index contributed by atoms with van der Waals surface area (Å²) in [5.74, 6) is -0.194. The van der Waals surface area contributed by atoms with E-state index in [1.807, 2.05) is 36.2 Å². The third-order valence-electron chi connectivity index (χ3n) is 3.33. The molecule has 0 aliphatic heterocycles. The average molecular weight is 411 g/mol. The molecule has 0 saturated carbocycles. The molecule has 2 aromatic rings. The number of anilines is 1. The summed E-state index contributed by atoms with van der Waals surface area (Å²) in [6, 6.07) is 14.1. The Morgan fingerprint density at radius 1 is 1.17 bits per heavy atom. The van der Waals surface area contributed by atoms with Crippen LogP contribution in [0.2, 0.25) is 0 Å². The zero-order chi connectivity index (χ0) is 17.7. The van der Waals surface area contributed by atoms with Crippen molar-refractivity contribution in [2.24, 2.45) is 0 Å². The van der Waals surface area contributed by atoms with Gasteiger partial charge >= 0.3 is 0 Å². The molecule has 0 atom stereocenters. The van der Waals surface area contributed by atoms with Gasteiger partial charge in [-0.25, -0.2) is 8.42 Å². The Morgan fingerprint density at radius 2 is 1.83 bits per heavy atom. The highest BCUT2D eigenvalue weighted by Gasteiger charge is 2.11. The number of hydrogen-bond donors (Lipinski definition) is 1. The van der Waals surface area contributed by atoms with E-state index in [0.29, 0.717) is 12.2 Å². The van der Waals surface area contributed by atoms with Gasteiger partial charge in [-0.3, -0.25) is 9.69 Å². The Kier molecular flexibility index (Phi) is 6.15. The second-order valence-corrected chi connectivity index (χ2v) is 8.58. The van der Waals surface area contributed by atoms with Gasteiger partial charge in [0.15, 0.2) is 9.84 Å². The van der Waals surface area contributed by atoms with Crippen LogP contribution >= 0.6 is 15.9 Å². The maximum absolute atomic E-state index is 12.1. The number of likely N-dealkylation sites (N-methyl/N-ethyl adjacent to an activating group) is 1. The van der Waals surface area contributed by atoms with E-state index in [4.69, 9.17) is 0 Å². The summed E-state index contributed by atoms with van der Waals surface area (Å²) in [5.41, 5.74) is 1.58. The number of nitrogens with one attached hydrogen (secondary N) is 1. The molecule has 5 nitrogen and oxygen atoms in total. The third-order valence-corrected chi connectivity index (χ3v) is 4.96. The summed E-state index contributed by atoms with van der Waals surface area (Å²) in [6.07, 6.45) is 1.14. The van der Waals surface area contributed by atoms with Crippen LogP contribution in [0.25, 0.3) is 0 Å². The van der Waals surface area contributed by atoms with Crippen LogP contribution in [0.4, 0.5) is 5.69 Å². The monoisotopic (exact) mass is 410 g/mol. The van der Waals surface area contributed by atoms with Gasteiger partial charge in [-0.1, -0.05) is 34.1 Å². The summed E-state index contributed by atoms with van der Waals surface area (Å²) in [6.45, 7) is 0.850. The molecule has 0 unspecified atom stereocenters. The quantitative estimate of drug-likeness (QED) is 0.794. The van der Waals surface area contributed by atoms with Gasteiger partial charge in [0.05, 0.1) is 11.4 Å². The van der Waals surface area contributed by atoms with Crippen LogP contribution < -0.4 is 5.32 Å². The van der Waals surface area contributed by atoms with Gasteiger partial charge in [0.2, 0.25) is 5.91 Å². The van der Waals surface area contributed by atoms with Crippen molar-refractivity contribution in [1.29, 1.82) is 0 Å². The van der Waals surface area contributed by atoms with Crippen molar-refractivity contribution < 1.29 is 13.2 Å². The van der Waals surface area contributed by atoms with Crippen molar-refractivity contribution in [1.82, 2.24) is 4.90 Å². The second kappa shape index (κ2) is 7.92. The molecule has 24 heavy (non-hydrogen) atoms. The Bertz CT molecular complexity index is 820. The molecule has 1 amide bonds. The largest absolute Gasteiger partial charge is 0.325 e. The molecule has 0 heterocycles. The fourth-order valence-corrected chi connectivity index (χ4v) is 3.14. The minimum atomic E-state index is -3.29. The van der Waals surface area contributed by atoms with Crippen LogP contribution in [0, 0.1) is 0 Å². The number of hydrogen-bond acceptors (Lipinski definition) is 4. The lowest BCUT2D eigenvalue weighted by Gasteiger charge is -2.16. The number of nitrogens with zero attached hydrogens (tertiary/aromatic N) is 1. The Morgan fingerprint density at radius 3 is 2.46 bits per heavy atom. The Hall–Kier alpha value is -1.70. The number of carbonyl (C=O) groups excluding carboxylic acids is 1. The molecule has 0 saturated heterocycles. The standard InChI is InChI=1S/C17H19BrN2O3S/c1-20(11-13-6-8-14(18)9-7-13)12-17(21)19-15-4-3-5-16(10-15)24(2,22)23/h3-10H,11-12H2,1-2H3,(H,19,21). The molecule has 128 valence electrons. The van der Waals surface area contributed by atoms with Gasteiger partial charge < -0.3 is 5.32 Å². The highest BCUT2D eigenvalue weighted by atomic mass is 79.9. The van der Waals surface area contributed by atoms with Crippen LogP contribution in [-0.2, 0) is 21.2 Å². The van der Waals surface area contributed by atoms with Gasteiger partial charge in [0, 0.05) is 23.0 Å². The van der Waals surface area contributed by atoms with Crippen LogP contribution in [0.1, 0.15) is 5.56 Å². The predicted octanol–water partition coefficient (Wildman–Crippen LogP) is 2.92. The number of rotatable bonds is 6. The number of benzene rings is 2. The van der Waals surface area contributed by atoms with Gasteiger partial charge in [-0.05, 0) is 42.9 Å². The molecule has 0 bridgehead atoms. The summed E-state index contributed by atoms with van der Waals surface area (Å²) < 4.78 is 24.1. The van der Waals surface area contributed by atoms with Crippen LogP contribution in [-0.4, -0.2) is 39.1 Å². The van der Waals surface area contributed by atoms with E-state index in [0.717, 1.165) is 16.3 Å². The first-order chi connectivity index (χ1) is 11.2. The molecule has 0 aliphatic rings. The van der Waals surface area contributed by atoms with Crippen LogP contribution in [0.15, 0.2) is 57.9 Å². The van der Waals surface area contributed by atoms with Crippen molar-refractivity contribution >= 4 is 37.4 Å². The van der Waals surface area contributed by atoms with Crippen molar-refractivity contribution in [2.45, 2.75) is 11.4 Å². The lowest BCUT2D eigenvalue weighted by molar-refractivity contribution is -0.117. The maximum Gasteiger partial charge on any atom is 0.238 e. The smallest absolute Gasteiger partial charge is 0.238 e. The fourth-order valence-electron chi connectivity index (χ4n) is 2.21. The van der Waals surface area contributed by atoms with Gasteiger partial charge in [0.1, 0.15) is 0 Å². The highest BCUT2D eigenvalue weighted by Crippen LogP contribution is 2.15. The van der Waals surface area contributed by atoms with E-state index in [-0.39, 0.29) is 17.3 Å². The van der Waals surface area contributed by atoms with Crippen molar-refractivity contribution in [3.05, 3.63) is 58.6 Å². The first-order valence-corrected chi connectivity index (χ1v) is 9.95. The molecule has 2 aromatic carbocycles. The Balaban J connectivity index is 1.94. The minimum absolute atomic E-state index is 0.184. The average Bonchev–Trinajstić information content (AvgIpc) is 2.49. The Labute approximate surface area is 150 Å². The molecule has 2 rings (SSSR count). The van der Waals surface area contributed by atoms with E-state index in [2.05, 4.69) is 21.2 Å². The third kappa shape index (κ3) is 5.74. The topological polar surface area (TPSA) is 66.5 Å². The summed E-state index contributed by atoms with van der Waals surface area (Å²) in [5, 5.41) is 2.73. The van der Waals surface area contributed by atoms with Crippen LogP contribution in [0.3, 0.4) is 0 Å². The number of sulfone groups is 1.